The van der Waals surface area contributed by atoms with Crippen molar-refractivity contribution in [3.63, 3.8) is 0 Å². The lowest BCUT2D eigenvalue weighted by atomic mass is 10.0. The normalized spacial score (nSPS) is 19.0. The van der Waals surface area contributed by atoms with E-state index in [9.17, 15) is 18.8 Å². The Morgan fingerprint density at radius 1 is 1.18 bits per heavy atom. The third-order valence-electron chi connectivity index (χ3n) is 5.06. The second-order valence-electron chi connectivity index (χ2n) is 6.88. The van der Waals surface area contributed by atoms with Gasteiger partial charge < -0.3 is 10.6 Å². The maximum atomic E-state index is 15.2. The Kier molecular flexibility index (Phi) is 4.10. The molecule has 1 saturated heterocycles. The fourth-order valence-electron chi connectivity index (χ4n) is 3.65. The molecule has 4 rings (SSSR count). The first-order valence-corrected chi connectivity index (χ1v) is 8.67. The van der Waals surface area contributed by atoms with Gasteiger partial charge in [0.05, 0.1) is 6.54 Å². The van der Waals surface area contributed by atoms with Crippen LogP contribution in [0.5, 0.6) is 0 Å². The highest BCUT2D eigenvalue weighted by Crippen LogP contribution is 2.35. The van der Waals surface area contributed by atoms with Crippen molar-refractivity contribution in [2.45, 2.75) is 32.4 Å². The van der Waals surface area contributed by atoms with Crippen LogP contribution in [0.4, 0.5) is 14.6 Å². The second-order valence-corrected chi connectivity index (χ2v) is 6.88. The molecule has 0 bridgehead atoms. The van der Waals surface area contributed by atoms with Crippen LogP contribution < -0.4 is 11.1 Å². The van der Waals surface area contributed by atoms with E-state index in [4.69, 9.17) is 5.73 Å². The van der Waals surface area contributed by atoms with Gasteiger partial charge in [-0.3, -0.25) is 19.7 Å². The molecule has 1 aromatic carbocycles. The maximum Gasteiger partial charge on any atom is 0.255 e. The van der Waals surface area contributed by atoms with Crippen molar-refractivity contribution < 1.29 is 23.2 Å². The molecule has 3 N–H and O–H groups in total. The molecular weight excluding hydrogens is 370 g/mol. The molecule has 9 heteroatoms. The number of imide groups is 1. The van der Waals surface area contributed by atoms with Gasteiger partial charge in [-0.15, -0.1) is 0 Å². The number of anilines is 1. The van der Waals surface area contributed by atoms with Gasteiger partial charge in [0.2, 0.25) is 11.8 Å². The van der Waals surface area contributed by atoms with Crippen molar-refractivity contribution in [3.05, 3.63) is 46.5 Å². The molecule has 3 heterocycles. The number of nitrogens with one attached hydrogen (secondary N) is 1. The molecule has 7 nitrogen and oxygen atoms in total. The van der Waals surface area contributed by atoms with Crippen LogP contribution in [0.25, 0.3) is 11.3 Å². The Bertz CT molecular complexity index is 1050. The highest BCUT2D eigenvalue weighted by atomic mass is 19.1. The zero-order valence-electron chi connectivity index (χ0n) is 14.9. The van der Waals surface area contributed by atoms with E-state index < -0.39 is 35.4 Å². The van der Waals surface area contributed by atoms with E-state index in [1.165, 1.54) is 30.0 Å². The number of piperidine rings is 1. The van der Waals surface area contributed by atoms with Crippen LogP contribution in [0.2, 0.25) is 0 Å². The SMILES string of the molecule is Cc1cc(N)nc(-c2ccc3c(c2F)CN(C2CCC(=O)NC2=O)C3=O)c1F. The lowest BCUT2D eigenvalue weighted by Crippen LogP contribution is -2.52. The first-order valence-electron chi connectivity index (χ1n) is 8.67. The van der Waals surface area contributed by atoms with Gasteiger partial charge in [-0.2, -0.15) is 0 Å². The molecule has 0 radical (unpaired) electrons. The molecule has 1 fully saturated rings. The number of benzene rings is 1. The molecule has 2 aliphatic heterocycles. The highest BCUT2D eigenvalue weighted by molar-refractivity contribution is 6.05. The Morgan fingerprint density at radius 3 is 2.61 bits per heavy atom. The number of fused-ring (bicyclic) bond motifs is 1. The molecule has 1 aromatic heterocycles. The number of hydrogen-bond donors (Lipinski definition) is 2. The summed E-state index contributed by atoms with van der Waals surface area (Å²) < 4.78 is 29.7. The Hall–Kier alpha value is -3.36. The van der Waals surface area contributed by atoms with E-state index in [1.807, 2.05) is 0 Å². The van der Waals surface area contributed by atoms with Crippen molar-refractivity contribution in [1.82, 2.24) is 15.2 Å². The number of hydrogen-bond acceptors (Lipinski definition) is 5. The number of carbonyl (C=O) groups is 3. The number of aryl methyl sites for hydroxylation is 1. The second kappa shape index (κ2) is 6.36. The molecule has 2 aromatic rings. The zero-order chi connectivity index (χ0) is 20.2. The van der Waals surface area contributed by atoms with Gasteiger partial charge in [0.15, 0.2) is 5.82 Å². The average molecular weight is 386 g/mol. The summed E-state index contributed by atoms with van der Waals surface area (Å²) in [5, 5.41) is 2.19. The minimum Gasteiger partial charge on any atom is -0.384 e. The molecule has 0 spiro atoms. The number of aromatic nitrogens is 1. The fourth-order valence-corrected chi connectivity index (χ4v) is 3.65. The number of nitrogen functional groups attached to an aromatic ring is 1. The minimum absolute atomic E-state index is 0.0510. The van der Waals surface area contributed by atoms with Crippen LogP contribution in [0, 0.1) is 18.6 Å². The third kappa shape index (κ3) is 2.70. The average Bonchev–Trinajstić information content (AvgIpc) is 2.96. The summed E-state index contributed by atoms with van der Waals surface area (Å²) in [4.78, 5) is 41.2. The highest BCUT2D eigenvalue weighted by Gasteiger charge is 2.40. The number of halogens is 2. The molecule has 1 unspecified atom stereocenters. The van der Waals surface area contributed by atoms with Gasteiger partial charge in [0.1, 0.15) is 23.4 Å². The quantitative estimate of drug-likeness (QED) is 0.764. The number of rotatable bonds is 2. The smallest absolute Gasteiger partial charge is 0.255 e. The van der Waals surface area contributed by atoms with Crippen LogP contribution in [-0.4, -0.2) is 33.6 Å². The Morgan fingerprint density at radius 2 is 1.89 bits per heavy atom. The summed E-state index contributed by atoms with van der Waals surface area (Å²) in [5.74, 6) is -2.92. The number of nitrogens with zero attached hydrogens (tertiary/aromatic N) is 2. The van der Waals surface area contributed by atoms with Crippen LogP contribution >= 0.6 is 0 Å². The van der Waals surface area contributed by atoms with E-state index in [2.05, 4.69) is 10.3 Å². The van der Waals surface area contributed by atoms with Gasteiger partial charge in [0.25, 0.3) is 5.91 Å². The summed E-state index contributed by atoms with van der Waals surface area (Å²) in [5.41, 5.74) is 5.72. The summed E-state index contributed by atoms with van der Waals surface area (Å²) in [6.45, 7) is 1.35. The minimum atomic E-state index is -0.857. The van der Waals surface area contributed by atoms with Gasteiger partial charge in [-0.05, 0) is 37.1 Å². The number of pyridine rings is 1. The summed E-state index contributed by atoms with van der Waals surface area (Å²) in [6, 6.07) is 3.16. The summed E-state index contributed by atoms with van der Waals surface area (Å²) >= 11 is 0. The van der Waals surface area contributed by atoms with E-state index in [0.29, 0.717) is 0 Å². The fraction of sp³-hybridized carbons (Fsp3) is 0.263. The van der Waals surface area contributed by atoms with Gasteiger partial charge in [-0.1, -0.05) is 0 Å². The lowest BCUT2D eigenvalue weighted by molar-refractivity contribution is -0.136. The summed E-state index contributed by atoms with van der Waals surface area (Å²) in [7, 11) is 0. The van der Waals surface area contributed by atoms with Crippen molar-refractivity contribution in [3.8, 4) is 11.3 Å². The number of carbonyl (C=O) groups excluding carboxylic acids is 3. The van der Waals surface area contributed by atoms with Gasteiger partial charge in [0, 0.05) is 23.1 Å². The monoisotopic (exact) mass is 386 g/mol. The predicted octanol–water partition coefficient (Wildman–Crippen LogP) is 1.68. The third-order valence-corrected chi connectivity index (χ3v) is 5.06. The Labute approximate surface area is 158 Å². The van der Waals surface area contributed by atoms with Crippen molar-refractivity contribution >= 4 is 23.5 Å². The molecule has 0 saturated carbocycles. The van der Waals surface area contributed by atoms with Gasteiger partial charge in [-0.25, -0.2) is 13.8 Å². The first-order chi connectivity index (χ1) is 13.3. The van der Waals surface area contributed by atoms with E-state index >= 15 is 4.39 Å². The maximum absolute atomic E-state index is 15.2. The first kappa shape index (κ1) is 18.0. The van der Waals surface area contributed by atoms with Crippen LogP contribution in [0.3, 0.4) is 0 Å². The van der Waals surface area contributed by atoms with Gasteiger partial charge >= 0.3 is 0 Å². The van der Waals surface area contributed by atoms with E-state index in [1.54, 1.807) is 0 Å². The van der Waals surface area contributed by atoms with Crippen molar-refractivity contribution in [1.29, 1.82) is 0 Å². The van der Waals surface area contributed by atoms with E-state index in [-0.39, 0.29) is 53.2 Å². The topological polar surface area (TPSA) is 105 Å². The Balaban J connectivity index is 1.74. The van der Waals surface area contributed by atoms with Crippen molar-refractivity contribution in [2.75, 3.05) is 5.73 Å². The molecule has 144 valence electrons. The molecule has 28 heavy (non-hydrogen) atoms. The molecule has 3 amide bonds. The van der Waals surface area contributed by atoms with Crippen LogP contribution in [0.15, 0.2) is 18.2 Å². The molecule has 2 aliphatic rings. The van der Waals surface area contributed by atoms with Crippen LogP contribution in [-0.2, 0) is 16.1 Å². The molecular formula is C19H16F2N4O3. The lowest BCUT2D eigenvalue weighted by Gasteiger charge is -2.29. The number of nitrogens with two attached hydrogens (primary N) is 1. The summed E-state index contributed by atoms with van der Waals surface area (Å²) in [6.07, 6.45) is 0.269. The number of amides is 3. The van der Waals surface area contributed by atoms with E-state index in [0.717, 1.165) is 0 Å². The van der Waals surface area contributed by atoms with Crippen molar-refractivity contribution in [2.24, 2.45) is 0 Å². The standard InChI is InChI=1S/C19H16F2N4O3/c1-8-6-13(22)23-17(15(8)20)10-3-2-9-11(16(10)21)7-25(19(9)28)12-4-5-14(26)24-18(12)27/h2-3,6,12H,4-5,7H2,1H3,(H2,22,23)(H,24,26,27). The molecule has 0 aliphatic carbocycles. The predicted molar refractivity (Wildman–Crippen MR) is 94.8 cm³/mol. The zero-order valence-corrected chi connectivity index (χ0v) is 14.9. The largest absolute Gasteiger partial charge is 0.384 e. The molecule has 1 atom stereocenters. The van der Waals surface area contributed by atoms with Crippen LogP contribution in [0.1, 0.15) is 34.3 Å².